The van der Waals surface area contributed by atoms with Gasteiger partial charge < -0.3 is 14.4 Å². The van der Waals surface area contributed by atoms with Crippen LogP contribution in [0.15, 0.2) is 53.7 Å². The average molecular weight is 473 g/mol. The Balaban J connectivity index is 1.68. The summed E-state index contributed by atoms with van der Waals surface area (Å²) in [6.07, 6.45) is 0. The fourth-order valence-corrected chi connectivity index (χ4v) is 4.64. The van der Waals surface area contributed by atoms with E-state index in [9.17, 15) is 4.79 Å². The van der Waals surface area contributed by atoms with Crippen molar-refractivity contribution in [2.75, 3.05) is 32.9 Å². The molecule has 2 aromatic carbocycles. The number of carbonyl (C=O) groups is 1. The van der Waals surface area contributed by atoms with Crippen molar-refractivity contribution in [3.8, 4) is 22.8 Å². The van der Waals surface area contributed by atoms with E-state index in [1.54, 1.807) is 0 Å². The minimum absolute atomic E-state index is 0.0730. The zero-order valence-electron chi connectivity index (χ0n) is 18.0. The van der Waals surface area contributed by atoms with E-state index in [1.807, 2.05) is 71.8 Å². The number of amides is 1. The summed E-state index contributed by atoms with van der Waals surface area (Å²) in [7, 11) is 0. The van der Waals surface area contributed by atoms with Crippen LogP contribution in [0.3, 0.4) is 0 Å². The number of nitrogens with zero attached hydrogens (tertiary/aromatic N) is 4. The second kappa shape index (κ2) is 10.4. The lowest BCUT2D eigenvalue weighted by Crippen LogP contribution is -2.44. The zero-order chi connectivity index (χ0) is 22.5. The van der Waals surface area contributed by atoms with E-state index in [4.69, 9.17) is 21.1 Å². The summed E-state index contributed by atoms with van der Waals surface area (Å²) in [5.74, 6) is 1.52. The lowest BCUT2D eigenvalue weighted by molar-refractivity contribution is -0.134. The summed E-state index contributed by atoms with van der Waals surface area (Å²) in [5, 5.41) is 9.82. The van der Waals surface area contributed by atoms with E-state index in [-0.39, 0.29) is 11.2 Å². The Morgan fingerprint density at radius 3 is 2.62 bits per heavy atom. The third-order valence-electron chi connectivity index (χ3n) is 5.07. The van der Waals surface area contributed by atoms with Crippen LogP contribution < -0.4 is 4.74 Å². The quantitative estimate of drug-likeness (QED) is 0.477. The van der Waals surface area contributed by atoms with Crippen LogP contribution in [0.2, 0.25) is 5.02 Å². The molecule has 1 aromatic heterocycles. The highest BCUT2D eigenvalue weighted by Gasteiger charge is 2.26. The molecule has 1 amide bonds. The highest BCUT2D eigenvalue weighted by Crippen LogP contribution is 2.32. The first-order valence-electron chi connectivity index (χ1n) is 10.5. The predicted octanol–water partition coefficient (Wildman–Crippen LogP) is 4.33. The van der Waals surface area contributed by atoms with Crippen LogP contribution in [-0.4, -0.2) is 63.7 Å². The molecule has 0 aliphatic carbocycles. The molecule has 1 aliphatic rings. The zero-order valence-corrected chi connectivity index (χ0v) is 19.6. The molecule has 1 aliphatic heterocycles. The number of hydrogen-bond acceptors (Lipinski definition) is 6. The monoisotopic (exact) mass is 472 g/mol. The third kappa shape index (κ3) is 5.09. The Kier molecular flexibility index (Phi) is 7.34. The van der Waals surface area contributed by atoms with Crippen LogP contribution in [0.5, 0.6) is 5.75 Å². The van der Waals surface area contributed by atoms with Crippen molar-refractivity contribution >= 4 is 29.3 Å². The number of rotatable bonds is 7. The lowest BCUT2D eigenvalue weighted by Gasteiger charge is -2.28. The summed E-state index contributed by atoms with van der Waals surface area (Å²) in [5.41, 5.74) is 1.72. The van der Waals surface area contributed by atoms with Gasteiger partial charge in [-0.1, -0.05) is 35.5 Å². The fourth-order valence-electron chi connectivity index (χ4n) is 3.50. The topological polar surface area (TPSA) is 69.5 Å². The van der Waals surface area contributed by atoms with Gasteiger partial charge >= 0.3 is 0 Å². The van der Waals surface area contributed by atoms with Crippen molar-refractivity contribution < 1.29 is 14.3 Å². The van der Waals surface area contributed by atoms with Crippen LogP contribution >= 0.6 is 23.4 Å². The summed E-state index contributed by atoms with van der Waals surface area (Å²) >= 11 is 7.62. The number of thioether (sulfide) groups is 1. The van der Waals surface area contributed by atoms with Crippen LogP contribution in [0.4, 0.5) is 0 Å². The minimum atomic E-state index is -0.314. The van der Waals surface area contributed by atoms with Gasteiger partial charge in [-0.15, -0.1) is 10.2 Å². The molecule has 1 saturated heterocycles. The number of carbonyl (C=O) groups excluding carboxylic acids is 1. The molecule has 0 spiro atoms. The molecule has 0 radical (unpaired) electrons. The van der Waals surface area contributed by atoms with Gasteiger partial charge in [0.1, 0.15) is 5.75 Å². The predicted molar refractivity (Wildman–Crippen MR) is 126 cm³/mol. The van der Waals surface area contributed by atoms with Gasteiger partial charge in [0.15, 0.2) is 11.0 Å². The molecule has 168 valence electrons. The Labute approximate surface area is 196 Å². The molecule has 32 heavy (non-hydrogen) atoms. The number of halogens is 1. The van der Waals surface area contributed by atoms with Crippen LogP contribution in [-0.2, 0) is 9.53 Å². The molecular formula is C23H25ClN4O3S. The van der Waals surface area contributed by atoms with Gasteiger partial charge in [-0.3, -0.25) is 9.36 Å². The van der Waals surface area contributed by atoms with Crippen LogP contribution in [0.25, 0.3) is 17.1 Å². The SMILES string of the molecule is CCOc1ccc(-n2c(SC(C)C(=O)N3CCOCC3)nnc2-c2cccc(Cl)c2)cc1. The molecule has 2 heterocycles. The molecule has 1 fully saturated rings. The van der Waals surface area contributed by atoms with Crippen molar-refractivity contribution in [2.45, 2.75) is 24.3 Å². The van der Waals surface area contributed by atoms with E-state index in [2.05, 4.69) is 10.2 Å². The lowest BCUT2D eigenvalue weighted by atomic mass is 10.2. The molecule has 7 nitrogen and oxygen atoms in total. The normalized spacial score (nSPS) is 14.9. The summed E-state index contributed by atoms with van der Waals surface area (Å²) in [4.78, 5) is 14.8. The van der Waals surface area contributed by atoms with Gasteiger partial charge in [0, 0.05) is 29.4 Å². The highest BCUT2D eigenvalue weighted by molar-refractivity contribution is 8.00. The van der Waals surface area contributed by atoms with Crippen molar-refractivity contribution in [3.63, 3.8) is 0 Å². The second-order valence-corrected chi connectivity index (χ2v) is 9.02. The largest absolute Gasteiger partial charge is 0.494 e. The summed E-state index contributed by atoms with van der Waals surface area (Å²) < 4.78 is 12.9. The fraction of sp³-hybridized carbons (Fsp3) is 0.348. The van der Waals surface area contributed by atoms with Gasteiger partial charge in [-0.25, -0.2) is 0 Å². The van der Waals surface area contributed by atoms with Crippen molar-refractivity contribution in [2.24, 2.45) is 0 Å². The molecule has 0 bridgehead atoms. The van der Waals surface area contributed by atoms with Gasteiger partial charge in [0.25, 0.3) is 0 Å². The standard InChI is InChI=1S/C23H25ClN4O3S/c1-3-31-20-9-7-19(8-10-20)28-21(17-5-4-6-18(24)15-17)25-26-23(28)32-16(2)22(29)27-11-13-30-14-12-27/h4-10,15-16H,3,11-14H2,1-2H3. The van der Waals surface area contributed by atoms with Crippen molar-refractivity contribution in [3.05, 3.63) is 53.6 Å². The first-order valence-corrected chi connectivity index (χ1v) is 11.8. The molecule has 4 rings (SSSR count). The number of hydrogen-bond donors (Lipinski definition) is 0. The summed E-state index contributed by atoms with van der Waals surface area (Å²) in [6.45, 7) is 6.83. The van der Waals surface area contributed by atoms with Crippen molar-refractivity contribution in [1.29, 1.82) is 0 Å². The van der Waals surface area contributed by atoms with Gasteiger partial charge in [-0.05, 0) is 50.2 Å². The first-order chi connectivity index (χ1) is 15.6. The number of ether oxygens (including phenoxy) is 2. The number of aromatic nitrogens is 3. The van der Waals surface area contributed by atoms with E-state index >= 15 is 0 Å². The van der Waals surface area contributed by atoms with E-state index in [1.165, 1.54) is 11.8 Å². The Morgan fingerprint density at radius 2 is 1.94 bits per heavy atom. The molecule has 1 unspecified atom stereocenters. The van der Waals surface area contributed by atoms with Crippen LogP contribution in [0, 0.1) is 0 Å². The smallest absolute Gasteiger partial charge is 0.236 e. The molecule has 1 atom stereocenters. The number of benzene rings is 2. The maximum absolute atomic E-state index is 12.9. The Hall–Kier alpha value is -2.55. The summed E-state index contributed by atoms with van der Waals surface area (Å²) in [6, 6.07) is 15.2. The van der Waals surface area contributed by atoms with E-state index in [0.29, 0.717) is 48.9 Å². The van der Waals surface area contributed by atoms with E-state index < -0.39 is 0 Å². The maximum atomic E-state index is 12.9. The van der Waals surface area contributed by atoms with Gasteiger partial charge in [0.05, 0.1) is 25.1 Å². The second-order valence-electron chi connectivity index (χ2n) is 7.28. The molecule has 9 heteroatoms. The first kappa shape index (κ1) is 22.6. The van der Waals surface area contributed by atoms with Crippen molar-refractivity contribution in [1.82, 2.24) is 19.7 Å². The third-order valence-corrected chi connectivity index (χ3v) is 6.34. The van der Waals surface area contributed by atoms with Gasteiger partial charge in [-0.2, -0.15) is 0 Å². The maximum Gasteiger partial charge on any atom is 0.236 e. The average Bonchev–Trinajstić information content (AvgIpc) is 3.23. The Morgan fingerprint density at radius 1 is 1.19 bits per heavy atom. The Bertz CT molecular complexity index is 1070. The molecular weight excluding hydrogens is 448 g/mol. The minimum Gasteiger partial charge on any atom is -0.494 e. The van der Waals surface area contributed by atoms with Gasteiger partial charge in [0.2, 0.25) is 5.91 Å². The van der Waals surface area contributed by atoms with E-state index in [0.717, 1.165) is 17.0 Å². The molecule has 0 N–H and O–H groups in total. The molecule has 0 saturated carbocycles. The highest BCUT2D eigenvalue weighted by atomic mass is 35.5. The number of morpholine rings is 1. The van der Waals surface area contributed by atoms with Crippen LogP contribution in [0.1, 0.15) is 13.8 Å². The molecule has 3 aromatic rings.